The largest absolute Gasteiger partial charge is 0.508 e. The van der Waals surface area contributed by atoms with Gasteiger partial charge in [-0.25, -0.2) is 0 Å². The van der Waals surface area contributed by atoms with Crippen LogP contribution in [0.4, 0.5) is 0 Å². The van der Waals surface area contributed by atoms with Crippen LogP contribution in [0, 0.1) is 0 Å². The summed E-state index contributed by atoms with van der Waals surface area (Å²) in [5.74, 6) is 0.287. The summed E-state index contributed by atoms with van der Waals surface area (Å²) < 4.78 is 0. The molecule has 0 fully saturated rings. The molecule has 0 amide bonds. The Morgan fingerprint density at radius 1 is 0.577 bits per heavy atom. The first-order valence-electron chi connectivity index (χ1n) is 8.05. The van der Waals surface area contributed by atoms with Crippen LogP contribution in [0.2, 0.25) is 0 Å². The first kappa shape index (κ1) is 17.2. The van der Waals surface area contributed by atoms with E-state index in [9.17, 15) is 15.3 Å². The van der Waals surface area contributed by atoms with Crippen LogP contribution < -0.4 is 0 Å². The number of hydrogen-bond acceptors (Lipinski definition) is 5. The zero-order valence-electron chi connectivity index (χ0n) is 13.9. The molecule has 0 saturated carbocycles. The van der Waals surface area contributed by atoms with Gasteiger partial charge in [-0.2, -0.15) is 0 Å². The van der Waals surface area contributed by atoms with E-state index in [-0.39, 0.29) is 17.2 Å². The maximum atomic E-state index is 10.1. The van der Waals surface area contributed by atoms with Crippen LogP contribution in [-0.2, 0) is 0 Å². The molecule has 0 unspecified atom stereocenters. The van der Waals surface area contributed by atoms with Crippen LogP contribution in [0.15, 0.2) is 82.8 Å². The quantitative estimate of drug-likeness (QED) is 0.610. The number of para-hydroxylation sites is 3. The lowest BCUT2D eigenvalue weighted by atomic mass is 10.1. The molecule has 0 atom stereocenters. The standard InChI is InChI=1S/C21H18N2O3/c24-18-10-4-1-7-15(18)13-22-21(17-9-3-6-12-20(17)26)23-14-16-8-2-5-11-19(16)25/h1-14,21,24-26H. The fourth-order valence-electron chi connectivity index (χ4n) is 2.40. The Labute approximate surface area is 151 Å². The molecule has 0 bridgehead atoms. The summed E-state index contributed by atoms with van der Waals surface area (Å²) in [6.07, 6.45) is 2.29. The van der Waals surface area contributed by atoms with Crippen LogP contribution >= 0.6 is 0 Å². The van der Waals surface area contributed by atoms with Gasteiger partial charge in [-0.3, -0.25) is 9.98 Å². The molecule has 0 aliphatic carbocycles. The Balaban J connectivity index is 1.96. The van der Waals surface area contributed by atoms with Crippen LogP contribution in [0.5, 0.6) is 17.2 Å². The molecule has 130 valence electrons. The highest BCUT2D eigenvalue weighted by Crippen LogP contribution is 2.28. The number of rotatable bonds is 5. The maximum absolute atomic E-state index is 10.1. The zero-order chi connectivity index (χ0) is 18.4. The highest BCUT2D eigenvalue weighted by atomic mass is 16.3. The molecule has 0 aliphatic heterocycles. The molecule has 0 aromatic heterocycles. The van der Waals surface area contributed by atoms with Gasteiger partial charge in [0.1, 0.15) is 17.2 Å². The number of aromatic hydroxyl groups is 3. The van der Waals surface area contributed by atoms with E-state index in [0.717, 1.165) is 0 Å². The molecular formula is C21H18N2O3. The number of hydrogen-bond donors (Lipinski definition) is 3. The number of phenolic OH excluding ortho intramolecular Hbond substituents is 3. The second-order valence-electron chi connectivity index (χ2n) is 5.61. The van der Waals surface area contributed by atoms with Gasteiger partial charge >= 0.3 is 0 Å². The SMILES string of the molecule is Oc1ccccc1C=NC(N=Cc1ccccc1O)c1ccccc1O. The Hall–Kier alpha value is -3.60. The number of nitrogens with zero attached hydrogens (tertiary/aromatic N) is 2. The number of benzene rings is 3. The van der Waals surface area contributed by atoms with Gasteiger partial charge in [0.2, 0.25) is 0 Å². The molecule has 0 aliphatic rings. The average molecular weight is 346 g/mol. The summed E-state index contributed by atoms with van der Waals surface area (Å²) in [7, 11) is 0. The Bertz CT molecular complexity index is 896. The first-order valence-corrected chi connectivity index (χ1v) is 8.05. The third-order valence-corrected chi connectivity index (χ3v) is 3.80. The molecule has 3 aromatic rings. The minimum absolute atomic E-state index is 0.0707. The van der Waals surface area contributed by atoms with E-state index in [1.165, 1.54) is 12.4 Å². The molecule has 3 aromatic carbocycles. The third-order valence-electron chi connectivity index (χ3n) is 3.80. The lowest BCUT2D eigenvalue weighted by molar-refractivity contribution is 0.463. The average Bonchev–Trinajstić information content (AvgIpc) is 2.65. The van der Waals surface area contributed by atoms with Crippen molar-refractivity contribution < 1.29 is 15.3 Å². The summed E-state index contributed by atoms with van der Waals surface area (Å²) in [4.78, 5) is 8.81. The summed E-state index contributed by atoms with van der Waals surface area (Å²) >= 11 is 0. The zero-order valence-corrected chi connectivity index (χ0v) is 13.9. The normalized spacial score (nSPS) is 12.6. The van der Waals surface area contributed by atoms with E-state index in [1.807, 2.05) is 0 Å². The highest BCUT2D eigenvalue weighted by Gasteiger charge is 2.12. The van der Waals surface area contributed by atoms with Crippen molar-refractivity contribution in [1.29, 1.82) is 0 Å². The molecule has 0 saturated heterocycles. The Kier molecular flexibility index (Phi) is 5.29. The lowest BCUT2D eigenvalue weighted by Gasteiger charge is -2.10. The van der Waals surface area contributed by atoms with Crippen molar-refractivity contribution >= 4 is 12.4 Å². The summed E-state index contributed by atoms with van der Waals surface area (Å²) in [6, 6.07) is 20.4. The summed E-state index contributed by atoms with van der Waals surface area (Å²) in [6.45, 7) is 0. The predicted octanol–water partition coefficient (Wildman–Crippen LogP) is 4.04. The van der Waals surface area contributed by atoms with Crippen LogP contribution in [-0.4, -0.2) is 27.7 Å². The second kappa shape index (κ2) is 7.98. The van der Waals surface area contributed by atoms with E-state index in [1.54, 1.807) is 72.8 Å². The van der Waals surface area contributed by atoms with Gasteiger partial charge in [0, 0.05) is 29.1 Å². The van der Waals surface area contributed by atoms with Crippen molar-refractivity contribution in [3.63, 3.8) is 0 Å². The van der Waals surface area contributed by atoms with Crippen molar-refractivity contribution in [1.82, 2.24) is 0 Å². The molecular weight excluding hydrogens is 328 g/mol. The molecule has 5 heteroatoms. The Morgan fingerprint density at radius 3 is 1.46 bits per heavy atom. The van der Waals surface area contributed by atoms with Gasteiger partial charge in [0.25, 0.3) is 0 Å². The van der Waals surface area contributed by atoms with E-state index in [0.29, 0.717) is 16.7 Å². The van der Waals surface area contributed by atoms with Gasteiger partial charge in [-0.1, -0.05) is 42.5 Å². The minimum Gasteiger partial charge on any atom is -0.508 e. The van der Waals surface area contributed by atoms with Gasteiger partial charge in [0.15, 0.2) is 6.17 Å². The Morgan fingerprint density at radius 2 is 1.00 bits per heavy atom. The highest BCUT2D eigenvalue weighted by molar-refractivity contribution is 5.85. The van der Waals surface area contributed by atoms with Crippen LogP contribution in [0.25, 0.3) is 0 Å². The van der Waals surface area contributed by atoms with Crippen LogP contribution in [0.1, 0.15) is 22.9 Å². The van der Waals surface area contributed by atoms with E-state index in [4.69, 9.17) is 0 Å². The monoisotopic (exact) mass is 346 g/mol. The van der Waals surface area contributed by atoms with Crippen molar-refractivity contribution in [2.45, 2.75) is 6.17 Å². The predicted molar refractivity (Wildman–Crippen MR) is 102 cm³/mol. The topological polar surface area (TPSA) is 85.4 Å². The molecule has 5 nitrogen and oxygen atoms in total. The van der Waals surface area contributed by atoms with Gasteiger partial charge < -0.3 is 15.3 Å². The number of aliphatic imine (C=N–C) groups is 2. The maximum Gasteiger partial charge on any atom is 0.168 e. The van der Waals surface area contributed by atoms with Crippen molar-refractivity contribution in [2.75, 3.05) is 0 Å². The molecule has 0 heterocycles. The molecule has 3 N–H and O–H groups in total. The van der Waals surface area contributed by atoms with Gasteiger partial charge in [0.05, 0.1) is 0 Å². The fraction of sp³-hybridized carbons (Fsp3) is 0.0476. The van der Waals surface area contributed by atoms with Crippen LogP contribution in [0.3, 0.4) is 0 Å². The van der Waals surface area contributed by atoms with E-state index >= 15 is 0 Å². The third kappa shape index (κ3) is 4.08. The van der Waals surface area contributed by atoms with Gasteiger partial charge in [-0.15, -0.1) is 0 Å². The summed E-state index contributed by atoms with van der Waals surface area (Å²) in [5.41, 5.74) is 1.61. The second-order valence-corrected chi connectivity index (χ2v) is 5.61. The molecule has 26 heavy (non-hydrogen) atoms. The lowest BCUT2D eigenvalue weighted by Crippen LogP contribution is -1.96. The van der Waals surface area contributed by atoms with E-state index < -0.39 is 6.17 Å². The molecule has 0 spiro atoms. The first-order chi connectivity index (χ1) is 12.6. The van der Waals surface area contributed by atoms with Crippen molar-refractivity contribution in [3.05, 3.63) is 89.5 Å². The molecule has 0 radical (unpaired) electrons. The minimum atomic E-state index is -0.726. The smallest absolute Gasteiger partial charge is 0.168 e. The van der Waals surface area contributed by atoms with Crippen molar-refractivity contribution in [2.24, 2.45) is 9.98 Å². The number of phenols is 3. The van der Waals surface area contributed by atoms with Gasteiger partial charge in [-0.05, 0) is 30.3 Å². The van der Waals surface area contributed by atoms with Crippen molar-refractivity contribution in [3.8, 4) is 17.2 Å². The molecule has 3 rings (SSSR count). The summed E-state index contributed by atoms with van der Waals surface area (Å²) in [5, 5.41) is 29.9. The fourth-order valence-corrected chi connectivity index (χ4v) is 2.40. The van der Waals surface area contributed by atoms with E-state index in [2.05, 4.69) is 9.98 Å².